The van der Waals surface area contributed by atoms with E-state index >= 15 is 0 Å². The number of rotatable bonds is 5. The molecule has 8 nitrogen and oxygen atoms in total. The number of carboxylic acid groups (broad SMARTS) is 1. The van der Waals surface area contributed by atoms with Gasteiger partial charge in [0.1, 0.15) is 5.56 Å². The molecule has 0 saturated carbocycles. The van der Waals surface area contributed by atoms with Gasteiger partial charge in [-0.25, -0.2) is 4.79 Å². The van der Waals surface area contributed by atoms with Crippen LogP contribution >= 0.6 is 12.2 Å². The van der Waals surface area contributed by atoms with Gasteiger partial charge in [-0.2, -0.15) is 9.78 Å². The standard InChI is InChI=1S/C18H15N3O5S/c1-25-13-8-7-10(14(17(23)24)15(13)26-2)9-19-21-16(22)11-5-3-4-6-12(11)20-18(21)27/h3-9H,1-2H3,(H,20,27)(H,23,24)/b19-9-. The number of H-pyrrole nitrogens is 1. The first-order valence-electron chi connectivity index (χ1n) is 7.74. The quantitative estimate of drug-likeness (QED) is 0.517. The van der Waals surface area contributed by atoms with Gasteiger partial charge in [-0.15, -0.1) is 0 Å². The molecule has 1 aromatic heterocycles. The molecule has 0 unspecified atom stereocenters. The van der Waals surface area contributed by atoms with Gasteiger partial charge in [-0.05, 0) is 36.5 Å². The Bertz CT molecular complexity index is 1180. The molecule has 27 heavy (non-hydrogen) atoms. The van der Waals surface area contributed by atoms with Crippen molar-refractivity contribution in [2.45, 2.75) is 0 Å². The molecule has 2 N–H and O–H groups in total. The van der Waals surface area contributed by atoms with Crippen LogP contribution in [0.5, 0.6) is 11.5 Å². The van der Waals surface area contributed by atoms with Crippen LogP contribution in [0.25, 0.3) is 10.9 Å². The average Bonchev–Trinajstić information content (AvgIpc) is 2.66. The van der Waals surface area contributed by atoms with Crippen molar-refractivity contribution in [1.29, 1.82) is 0 Å². The molecular weight excluding hydrogens is 370 g/mol. The number of aromatic nitrogens is 2. The predicted molar refractivity (Wildman–Crippen MR) is 103 cm³/mol. The van der Waals surface area contributed by atoms with Crippen LogP contribution in [0.4, 0.5) is 0 Å². The Kier molecular flexibility index (Phi) is 5.04. The number of hydrogen-bond donors (Lipinski definition) is 2. The minimum Gasteiger partial charge on any atom is -0.493 e. The smallest absolute Gasteiger partial charge is 0.340 e. The summed E-state index contributed by atoms with van der Waals surface area (Å²) in [4.78, 5) is 27.2. The first kappa shape index (κ1) is 18.3. The zero-order valence-corrected chi connectivity index (χ0v) is 15.2. The maximum Gasteiger partial charge on any atom is 0.340 e. The van der Waals surface area contributed by atoms with Gasteiger partial charge in [0, 0.05) is 5.56 Å². The molecule has 0 bridgehead atoms. The number of nitrogens with one attached hydrogen (secondary N) is 1. The van der Waals surface area contributed by atoms with Crippen LogP contribution in [-0.4, -0.2) is 41.2 Å². The van der Waals surface area contributed by atoms with Gasteiger partial charge in [-0.3, -0.25) is 4.79 Å². The van der Waals surface area contributed by atoms with Gasteiger partial charge < -0.3 is 19.6 Å². The lowest BCUT2D eigenvalue weighted by molar-refractivity contribution is 0.0692. The fourth-order valence-electron chi connectivity index (χ4n) is 2.65. The Morgan fingerprint density at radius 3 is 2.63 bits per heavy atom. The fraction of sp³-hybridized carbons (Fsp3) is 0.111. The van der Waals surface area contributed by atoms with E-state index in [0.717, 1.165) is 4.68 Å². The van der Waals surface area contributed by atoms with Crippen LogP contribution in [0.3, 0.4) is 0 Å². The highest BCUT2D eigenvalue weighted by atomic mass is 32.1. The molecule has 2 aromatic carbocycles. The summed E-state index contributed by atoms with van der Waals surface area (Å²) in [7, 11) is 2.75. The number of nitrogens with zero attached hydrogens (tertiary/aromatic N) is 2. The Hall–Kier alpha value is -3.46. The Morgan fingerprint density at radius 2 is 1.96 bits per heavy atom. The molecule has 0 atom stereocenters. The summed E-state index contributed by atoms with van der Waals surface area (Å²) in [5.74, 6) is -0.889. The summed E-state index contributed by atoms with van der Waals surface area (Å²) in [6, 6.07) is 9.95. The molecular formula is C18H15N3O5S. The number of benzene rings is 2. The summed E-state index contributed by atoms with van der Waals surface area (Å²) in [6.45, 7) is 0. The van der Waals surface area contributed by atoms with Crippen LogP contribution in [0, 0.1) is 4.77 Å². The number of fused-ring (bicyclic) bond motifs is 1. The van der Waals surface area contributed by atoms with Crippen molar-refractivity contribution in [3.05, 3.63) is 62.6 Å². The molecule has 0 amide bonds. The topological polar surface area (TPSA) is 106 Å². The summed E-state index contributed by atoms with van der Waals surface area (Å²) in [5.41, 5.74) is 0.276. The van der Waals surface area contributed by atoms with Crippen molar-refractivity contribution >= 4 is 35.3 Å². The molecule has 0 aliphatic rings. The number of carboxylic acids is 1. The van der Waals surface area contributed by atoms with Crippen molar-refractivity contribution in [3.8, 4) is 11.5 Å². The maximum absolute atomic E-state index is 12.6. The van der Waals surface area contributed by atoms with E-state index in [2.05, 4.69) is 10.1 Å². The summed E-state index contributed by atoms with van der Waals surface area (Å²) in [6.07, 6.45) is 1.24. The molecule has 0 radical (unpaired) electrons. The minimum absolute atomic E-state index is 0.0602. The number of methoxy groups -OCH3 is 2. The third-order valence-electron chi connectivity index (χ3n) is 3.89. The van der Waals surface area contributed by atoms with Crippen molar-refractivity contribution < 1.29 is 19.4 Å². The van der Waals surface area contributed by atoms with E-state index in [4.69, 9.17) is 21.7 Å². The van der Waals surface area contributed by atoms with E-state index in [1.807, 2.05) is 0 Å². The number of carbonyl (C=O) groups is 1. The number of aromatic carboxylic acids is 1. The molecule has 138 valence electrons. The van der Waals surface area contributed by atoms with Gasteiger partial charge in [-0.1, -0.05) is 12.1 Å². The molecule has 3 aromatic rings. The molecule has 0 aliphatic heterocycles. The van der Waals surface area contributed by atoms with Crippen molar-refractivity contribution in [2.75, 3.05) is 14.2 Å². The molecule has 0 spiro atoms. The van der Waals surface area contributed by atoms with Gasteiger partial charge in [0.05, 0.1) is 31.3 Å². The van der Waals surface area contributed by atoms with E-state index < -0.39 is 11.5 Å². The molecule has 0 fully saturated rings. The van der Waals surface area contributed by atoms with Crippen molar-refractivity contribution in [1.82, 2.24) is 9.66 Å². The van der Waals surface area contributed by atoms with Gasteiger partial charge in [0.15, 0.2) is 11.5 Å². The zero-order valence-electron chi connectivity index (χ0n) is 14.4. The molecule has 3 rings (SSSR count). The number of para-hydroxylation sites is 1. The van der Waals surface area contributed by atoms with Gasteiger partial charge in [0.2, 0.25) is 4.77 Å². The third kappa shape index (κ3) is 3.32. The zero-order chi connectivity index (χ0) is 19.6. The van der Waals surface area contributed by atoms with Crippen LogP contribution in [0.1, 0.15) is 15.9 Å². The van der Waals surface area contributed by atoms with Gasteiger partial charge in [0.25, 0.3) is 5.56 Å². The lowest BCUT2D eigenvalue weighted by Gasteiger charge is -2.12. The van der Waals surface area contributed by atoms with Crippen molar-refractivity contribution in [3.63, 3.8) is 0 Å². The SMILES string of the molecule is COc1ccc(/C=N\n2c(=S)[nH]c3ccccc3c2=O)c(C(=O)O)c1OC. The normalized spacial score (nSPS) is 11.0. The number of hydrogen-bond acceptors (Lipinski definition) is 6. The number of ether oxygens (including phenoxy) is 2. The lowest BCUT2D eigenvalue weighted by atomic mass is 10.1. The van der Waals surface area contributed by atoms with Crippen LogP contribution in [0.2, 0.25) is 0 Å². The Labute approximate surface area is 158 Å². The molecule has 0 aliphatic carbocycles. The van der Waals surface area contributed by atoms with E-state index in [-0.39, 0.29) is 27.4 Å². The van der Waals surface area contributed by atoms with E-state index in [1.54, 1.807) is 30.3 Å². The molecule has 0 saturated heterocycles. The first-order chi connectivity index (χ1) is 13.0. The monoisotopic (exact) mass is 385 g/mol. The Morgan fingerprint density at radius 1 is 1.22 bits per heavy atom. The molecule has 1 heterocycles. The second-order valence-electron chi connectivity index (χ2n) is 5.41. The minimum atomic E-state index is -1.22. The fourth-order valence-corrected chi connectivity index (χ4v) is 2.89. The van der Waals surface area contributed by atoms with Crippen LogP contribution < -0.4 is 15.0 Å². The highest BCUT2D eigenvalue weighted by molar-refractivity contribution is 7.71. The van der Waals surface area contributed by atoms with Crippen LogP contribution in [0.15, 0.2) is 46.3 Å². The third-order valence-corrected chi connectivity index (χ3v) is 4.16. The molecule has 9 heteroatoms. The average molecular weight is 385 g/mol. The first-order valence-corrected chi connectivity index (χ1v) is 8.15. The van der Waals surface area contributed by atoms with Crippen LogP contribution in [-0.2, 0) is 0 Å². The van der Waals surface area contributed by atoms with E-state index in [0.29, 0.717) is 10.9 Å². The second-order valence-corrected chi connectivity index (χ2v) is 5.79. The summed E-state index contributed by atoms with van der Waals surface area (Å²) >= 11 is 5.19. The summed E-state index contributed by atoms with van der Waals surface area (Å²) in [5, 5.41) is 14.0. The number of aromatic amines is 1. The highest BCUT2D eigenvalue weighted by Gasteiger charge is 2.20. The predicted octanol–water partition coefficient (Wildman–Crippen LogP) is 2.66. The highest BCUT2D eigenvalue weighted by Crippen LogP contribution is 2.32. The van der Waals surface area contributed by atoms with Crippen molar-refractivity contribution in [2.24, 2.45) is 5.10 Å². The van der Waals surface area contributed by atoms with E-state index in [1.165, 1.54) is 26.5 Å². The maximum atomic E-state index is 12.6. The lowest BCUT2D eigenvalue weighted by Crippen LogP contribution is -2.19. The Balaban J connectivity index is 2.18. The summed E-state index contributed by atoms with van der Waals surface area (Å²) < 4.78 is 11.4. The van der Waals surface area contributed by atoms with E-state index in [9.17, 15) is 14.7 Å². The second kappa shape index (κ2) is 7.42. The largest absolute Gasteiger partial charge is 0.493 e. The van der Waals surface area contributed by atoms with Gasteiger partial charge >= 0.3 is 5.97 Å².